The molecule has 0 saturated carbocycles. The first-order chi connectivity index (χ1) is 8.79. The van der Waals surface area contributed by atoms with Gasteiger partial charge in [-0.25, -0.2) is 9.48 Å². The van der Waals surface area contributed by atoms with Crippen molar-refractivity contribution in [3.05, 3.63) is 46.2 Å². The molecule has 0 atom stereocenters. The first-order valence-electron chi connectivity index (χ1n) is 4.94. The van der Waals surface area contributed by atoms with Crippen molar-refractivity contribution in [3.63, 3.8) is 0 Å². The third-order valence-electron chi connectivity index (χ3n) is 2.35. The van der Waals surface area contributed by atoms with Crippen molar-refractivity contribution < 1.29 is 23.1 Å². The number of benzene rings is 1. The minimum Gasteiger partial charge on any atom is -0.478 e. The molecule has 0 spiro atoms. The first-order valence-corrected chi connectivity index (χ1v) is 5.73. The molecule has 0 aliphatic rings. The highest BCUT2D eigenvalue weighted by Gasteiger charge is 2.31. The summed E-state index contributed by atoms with van der Waals surface area (Å²) in [6.07, 6.45) is -2.10. The largest absolute Gasteiger partial charge is 0.478 e. The molecule has 0 aliphatic carbocycles. The summed E-state index contributed by atoms with van der Waals surface area (Å²) in [6.45, 7) is 0. The van der Waals surface area contributed by atoms with E-state index in [9.17, 15) is 18.0 Å². The van der Waals surface area contributed by atoms with E-state index in [1.807, 2.05) is 0 Å². The van der Waals surface area contributed by atoms with E-state index in [4.69, 9.17) is 5.11 Å². The average molecular weight is 335 g/mol. The first kappa shape index (κ1) is 13.6. The molecule has 1 aromatic heterocycles. The molecule has 0 saturated heterocycles. The van der Waals surface area contributed by atoms with Crippen LogP contribution in [-0.2, 0) is 6.18 Å². The maximum absolute atomic E-state index is 12.5. The number of carboxylic acids is 1. The van der Waals surface area contributed by atoms with E-state index in [-0.39, 0.29) is 10.0 Å². The lowest BCUT2D eigenvalue weighted by Crippen LogP contribution is -2.06. The Hall–Kier alpha value is -1.83. The Morgan fingerprint density at radius 2 is 2.05 bits per heavy atom. The number of halogens is 4. The van der Waals surface area contributed by atoms with Gasteiger partial charge in [-0.1, -0.05) is 0 Å². The summed E-state index contributed by atoms with van der Waals surface area (Å²) in [5.41, 5.74) is -0.527. The number of hydrogen-bond donors (Lipinski definition) is 1. The van der Waals surface area contributed by atoms with Gasteiger partial charge in [0.2, 0.25) is 0 Å². The topological polar surface area (TPSA) is 55.1 Å². The summed E-state index contributed by atoms with van der Waals surface area (Å²) in [6, 6.07) is 3.03. The number of aromatic carboxylic acids is 1. The fourth-order valence-corrected chi connectivity index (χ4v) is 1.99. The molecular weight excluding hydrogens is 329 g/mol. The van der Waals surface area contributed by atoms with Crippen LogP contribution in [0.2, 0.25) is 0 Å². The van der Waals surface area contributed by atoms with Crippen LogP contribution in [0, 0.1) is 0 Å². The van der Waals surface area contributed by atoms with Gasteiger partial charge in [-0.2, -0.15) is 18.3 Å². The van der Waals surface area contributed by atoms with Crippen LogP contribution in [0.15, 0.2) is 35.1 Å². The van der Waals surface area contributed by atoms with E-state index >= 15 is 0 Å². The quantitative estimate of drug-likeness (QED) is 0.916. The number of carbonyl (C=O) groups is 1. The van der Waals surface area contributed by atoms with Gasteiger partial charge in [-0.05, 0) is 34.1 Å². The second-order valence-electron chi connectivity index (χ2n) is 3.64. The molecule has 0 amide bonds. The standard InChI is InChI=1S/C11H6BrF3N2O2/c12-8-3-7(11(13,14)15)1-2-9(8)17-5-6(4-16-17)10(18)19/h1-5H,(H,18,19). The second-order valence-corrected chi connectivity index (χ2v) is 4.50. The number of nitrogens with zero attached hydrogens (tertiary/aromatic N) is 2. The number of alkyl halides is 3. The van der Waals surface area contributed by atoms with Crippen molar-refractivity contribution in [2.45, 2.75) is 6.18 Å². The summed E-state index contributed by atoms with van der Waals surface area (Å²) in [5.74, 6) is -1.16. The molecule has 1 heterocycles. The molecule has 0 aliphatic heterocycles. The van der Waals surface area contributed by atoms with E-state index in [1.54, 1.807) is 0 Å². The van der Waals surface area contributed by atoms with Crippen molar-refractivity contribution >= 4 is 21.9 Å². The van der Waals surface area contributed by atoms with Crippen molar-refractivity contribution in [2.24, 2.45) is 0 Å². The van der Waals surface area contributed by atoms with E-state index in [2.05, 4.69) is 21.0 Å². The van der Waals surface area contributed by atoms with Crippen molar-refractivity contribution in [3.8, 4) is 5.69 Å². The molecule has 2 rings (SSSR count). The van der Waals surface area contributed by atoms with Gasteiger partial charge in [0.05, 0.1) is 23.0 Å². The number of rotatable bonds is 2. The Morgan fingerprint density at radius 3 is 2.53 bits per heavy atom. The van der Waals surface area contributed by atoms with Gasteiger partial charge >= 0.3 is 12.1 Å². The molecular formula is C11H6BrF3N2O2. The van der Waals surface area contributed by atoms with E-state index in [0.29, 0.717) is 5.69 Å². The Bertz CT molecular complexity index is 637. The molecule has 4 nitrogen and oxygen atoms in total. The lowest BCUT2D eigenvalue weighted by molar-refractivity contribution is -0.137. The lowest BCUT2D eigenvalue weighted by atomic mass is 10.2. The molecule has 1 N–H and O–H groups in total. The molecule has 0 bridgehead atoms. The molecule has 100 valence electrons. The van der Waals surface area contributed by atoms with Crippen molar-refractivity contribution in [2.75, 3.05) is 0 Å². The summed E-state index contributed by atoms with van der Waals surface area (Å²) < 4.78 is 38.8. The summed E-state index contributed by atoms with van der Waals surface area (Å²) >= 11 is 3.01. The molecule has 0 fully saturated rings. The molecule has 1 aromatic carbocycles. The third kappa shape index (κ3) is 2.78. The Morgan fingerprint density at radius 1 is 1.37 bits per heavy atom. The molecule has 0 radical (unpaired) electrons. The van der Waals surface area contributed by atoms with Crippen LogP contribution in [0.25, 0.3) is 5.69 Å². The van der Waals surface area contributed by atoms with E-state index in [1.165, 1.54) is 16.9 Å². The highest BCUT2D eigenvalue weighted by atomic mass is 79.9. The maximum atomic E-state index is 12.5. The van der Waals surface area contributed by atoms with Gasteiger partial charge in [-0.3, -0.25) is 0 Å². The summed E-state index contributed by atoms with van der Waals surface area (Å²) in [5, 5.41) is 12.5. The van der Waals surface area contributed by atoms with Gasteiger partial charge < -0.3 is 5.11 Å². The minimum absolute atomic E-state index is 0.0493. The fourth-order valence-electron chi connectivity index (χ4n) is 1.43. The Kier molecular flexibility index (Phi) is 3.36. The Balaban J connectivity index is 2.43. The number of aromatic nitrogens is 2. The van der Waals surface area contributed by atoms with Crippen LogP contribution in [-0.4, -0.2) is 20.9 Å². The van der Waals surface area contributed by atoms with Gasteiger partial charge in [0.15, 0.2) is 0 Å². The smallest absolute Gasteiger partial charge is 0.416 e. The molecule has 0 unspecified atom stereocenters. The zero-order valence-electron chi connectivity index (χ0n) is 9.15. The van der Waals surface area contributed by atoms with Crippen LogP contribution in [0.3, 0.4) is 0 Å². The number of hydrogen-bond acceptors (Lipinski definition) is 2. The molecule has 8 heteroatoms. The second kappa shape index (κ2) is 4.69. The van der Waals surface area contributed by atoms with Crippen molar-refractivity contribution in [1.82, 2.24) is 9.78 Å². The van der Waals surface area contributed by atoms with Gasteiger partial charge in [-0.15, -0.1) is 0 Å². The highest BCUT2D eigenvalue weighted by molar-refractivity contribution is 9.10. The van der Waals surface area contributed by atoms with Gasteiger partial charge in [0.25, 0.3) is 0 Å². The van der Waals surface area contributed by atoms with E-state index in [0.717, 1.165) is 18.3 Å². The minimum atomic E-state index is -4.43. The third-order valence-corrected chi connectivity index (χ3v) is 2.99. The van der Waals surface area contributed by atoms with Crippen LogP contribution < -0.4 is 0 Å². The lowest BCUT2D eigenvalue weighted by Gasteiger charge is -2.10. The SMILES string of the molecule is O=C(O)c1cnn(-c2ccc(C(F)(F)F)cc2Br)c1. The number of carboxylic acid groups (broad SMARTS) is 1. The van der Waals surface area contributed by atoms with Crippen molar-refractivity contribution in [1.29, 1.82) is 0 Å². The summed E-state index contributed by atoms with van der Waals surface area (Å²) in [4.78, 5) is 10.7. The zero-order chi connectivity index (χ0) is 14.2. The van der Waals surface area contributed by atoms with Crippen LogP contribution in [0.5, 0.6) is 0 Å². The fraction of sp³-hybridized carbons (Fsp3) is 0.0909. The zero-order valence-corrected chi connectivity index (χ0v) is 10.7. The summed E-state index contributed by atoms with van der Waals surface area (Å²) in [7, 11) is 0. The predicted octanol–water partition coefficient (Wildman–Crippen LogP) is 3.35. The van der Waals surface area contributed by atoms with Crippen LogP contribution in [0.1, 0.15) is 15.9 Å². The molecule has 19 heavy (non-hydrogen) atoms. The maximum Gasteiger partial charge on any atom is 0.416 e. The predicted molar refractivity (Wildman–Crippen MR) is 63.2 cm³/mol. The average Bonchev–Trinajstić information content (AvgIpc) is 2.76. The highest BCUT2D eigenvalue weighted by Crippen LogP contribution is 2.33. The monoisotopic (exact) mass is 334 g/mol. The van der Waals surface area contributed by atoms with Crippen LogP contribution >= 0.6 is 15.9 Å². The molecule has 2 aromatic rings. The van der Waals surface area contributed by atoms with Gasteiger partial charge in [0.1, 0.15) is 0 Å². The van der Waals surface area contributed by atoms with Crippen LogP contribution in [0.4, 0.5) is 13.2 Å². The normalized spacial score (nSPS) is 11.6. The van der Waals surface area contributed by atoms with Gasteiger partial charge in [0, 0.05) is 10.7 Å². The Labute approximate surface area is 113 Å². The van der Waals surface area contributed by atoms with E-state index < -0.39 is 17.7 Å².